The van der Waals surface area contributed by atoms with E-state index in [1.807, 2.05) is 0 Å². The highest BCUT2D eigenvalue weighted by atomic mass is 32.1. The van der Waals surface area contributed by atoms with Gasteiger partial charge in [-0.15, -0.1) is 10.2 Å². The summed E-state index contributed by atoms with van der Waals surface area (Å²) in [5.74, 6) is -0.158. The van der Waals surface area contributed by atoms with Crippen molar-refractivity contribution in [3.63, 3.8) is 0 Å². The van der Waals surface area contributed by atoms with E-state index in [-0.39, 0.29) is 17.4 Å². The maximum atomic E-state index is 11.8. The van der Waals surface area contributed by atoms with Crippen molar-refractivity contribution in [3.05, 3.63) is 5.01 Å². The number of anilines is 1. The molecule has 1 aromatic rings. The van der Waals surface area contributed by atoms with E-state index in [2.05, 4.69) is 29.4 Å². The SMILES string of the molecule is CC1(C)CCCC1NC(=O)c1nnc(N)s1. The molecule has 0 saturated heterocycles. The van der Waals surface area contributed by atoms with Gasteiger partial charge in [0.15, 0.2) is 0 Å². The Morgan fingerprint density at radius 1 is 1.56 bits per heavy atom. The van der Waals surface area contributed by atoms with E-state index in [1.165, 1.54) is 0 Å². The first-order chi connectivity index (χ1) is 7.49. The number of amides is 1. The van der Waals surface area contributed by atoms with E-state index < -0.39 is 0 Å². The molecular weight excluding hydrogens is 224 g/mol. The molecule has 88 valence electrons. The lowest BCUT2D eigenvalue weighted by atomic mass is 9.87. The van der Waals surface area contributed by atoms with E-state index in [1.54, 1.807) is 0 Å². The van der Waals surface area contributed by atoms with Gasteiger partial charge in [-0.3, -0.25) is 4.79 Å². The Morgan fingerprint density at radius 3 is 2.81 bits per heavy atom. The number of nitrogens with one attached hydrogen (secondary N) is 1. The molecule has 1 heterocycles. The van der Waals surface area contributed by atoms with Gasteiger partial charge in [0.1, 0.15) is 0 Å². The van der Waals surface area contributed by atoms with Crippen molar-refractivity contribution in [3.8, 4) is 0 Å². The third-order valence-corrected chi connectivity index (χ3v) is 3.95. The third-order valence-electron chi connectivity index (χ3n) is 3.20. The minimum absolute atomic E-state index is 0.158. The summed E-state index contributed by atoms with van der Waals surface area (Å²) in [5, 5.41) is 11.1. The molecule has 1 unspecified atom stereocenters. The van der Waals surface area contributed by atoms with Gasteiger partial charge in [0.2, 0.25) is 10.1 Å². The van der Waals surface area contributed by atoms with Gasteiger partial charge >= 0.3 is 0 Å². The minimum Gasteiger partial charge on any atom is -0.374 e. The van der Waals surface area contributed by atoms with Crippen molar-refractivity contribution in [2.75, 3.05) is 5.73 Å². The van der Waals surface area contributed by atoms with E-state index in [9.17, 15) is 4.79 Å². The molecule has 16 heavy (non-hydrogen) atoms. The fraction of sp³-hybridized carbons (Fsp3) is 0.700. The zero-order valence-corrected chi connectivity index (χ0v) is 10.3. The predicted octanol–water partition coefficient (Wildman–Crippen LogP) is 1.43. The van der Waals surface area contributed by atoms with Crippen LogP contribution in [0.2, 0.25) is 0 Å². The van der Waals surface area contributed by atoms with Crippen LogP contribution in [0.5, 0.6) is 0 Å². The second kappa shape index (κ2) is 4.01. The van der Waals surface area contributed by atoms with Crippen LogP contribution in [-0.4, -0.2) is 22.1 Å². The summed E-state index contributed by atoms with van der Waals surface area (Å²) in [6.45, 7) is 4.36. The normalized spacial score (nSPS) is 23.2. The lowest BCUT2D eigenvalue weighted by Crippen LogP contribution is -2.41. The molecular formula is C10H16N4OS. The van der Waals surface area contributed by atoms with E-state index >= 15 is 0 Å². The predicted molar refractivity (Wildman–Crippen MR) is 63.2 cm³/mol. The van der Waals surface area contributed by atoms with Crippen molar-refractivity contribution in [2.45, 2.75) is 39.2 Å². The van der Waals surface area contributed by atoms with Gasteiger partial charge in [0.25, 0.3) is 5.91 Å². The van der Waals surface area contributed by atoms with Crippen molar-refractivity contribution >= 4 is 22.4 Å². The quantitative estimate of drug-likeness (QED) is 0.819. The highest BCUT2D eigenvalue weighted by Gasteiger charge is 2.35. The van der Waals surface area contributed by atoms with Gasteiger partial charge in [-0.1, -0.05) is 31.6 Å². The smallest absolute Gasteiger partial charge is 0.282 e. The van der Waals surface area contributed by atoms with Gasteiger partial charge in [-0.2, -0.15) is 0 Å². The number of carbonyl (C=O) groups excluding carboxylic acids is 1. The molecule has 1 aromatic heterocycles. The molecule has 0 radical (unpaired) electrons. The van der Waals surface area contributed by atoms with Gasteiger partial charge in [0.05, 0.1) is 0 Å². The molecule has 2 rings (SSSR count). The average Bonchev–Trinajstić information content (AvgIpc) is 2.74. The van der Waals surface area contributed by atoms with Gasteiger partial charge in [-0.25, -0.2) is 0 Å². The highest BCUT2D eigenvalue weighted by Crippen LogP contribution is 2.37. The number of nitrogen functional groups attached to an aromatic ring is 1. The summed E-state index contributed by atoms with van der Waals surface area (Å²) in [6, 6.07) is 0.227. The first-order valence-corrected chi connectivity index (χ1v) is 6.20. The maximum absolute atomic E-state index is 11.8. The largest absolute Gasteiger partial charge is 0.374 e. The second-order valence-electron chi connectivity index (χ2n) is 4.85. The summed E-state index contributed by atoms with van der Waals surface area (Å²) in [5.41, 5.74) is 5.62. The van der Waals surface area contributed by atoms with E-state index in [0.29, 0.717) is 10.1 Å². The molecule has 0 aromatic carbocycles. The Labute approximate surface area is 98.4 Å². The minimum atomic E-state index is -0.158. The summed E-state index contributed by atoms with van der Waals surface area (Å²) in [4.78, 5) is 11.8. The van der Waals surface area contributed by atoms with Crippen molar-refractivity contribution in [1.29, 1.82) is 0 Å². The maximum Gasteiger partial charge on any atom is 0.282 e. The van der Waals surface area contributed by atoms with Crippen molar-refractivity contribution in [2.24, 2.45) is 5.41 Å². The number of nitrogens with two attached hydrogens (primary N) is 1. The summed E-state index contributed by atoms with van der Waals surface area (Å²) in [6.07, 6.45) is 3.35. The standard InChI is InChI=1S/C10H16N4OS/c1-10(2)5-3-4-6(10)12-7(15)8-13-14-9(11)16-8/h6H,3-5H2,1-2H3,(H2,11,14)(H,12,15). The molecule has 1 aliphatic carbocycles. The van der Waals surface area contributed by atoms with Crippen LogP contribution in [0.4, 0.5) is 5.13 Å². The average molecular weight is 240 g/mol. The first kappa shape index (κ1) is 11.3. The molecule has 5 nitrogen and oxygen atoms in total. The zero-order valence-electron chi connectivity index (χ0n) is 9.49. The molecule has 1 fully saturated rings. The van der Waals surface area contributed by atoms with Gasteiger partial charge < -0.3 is 11.1 Å². The number of rotatable bonds is 2. The zero-order chi connectivity index (χ0) is 11.8. The number of aromatic nitrogens is 2. The lowest BCUT2D eigenvalue weighted by Gasteiger charge is -2.27. The first-order valence-electron chi connectivity index (χ1n) is 5.39. The summed E-state index contributed by atoms with van der Waals surface area (Å²) >= 11 is 1.12. The van der Waals surface area contributed by atoms with Gasteiger partial charge in [-0.05, 0) is 18.3 Å². The molecule has 1 atom stereocenters. The van der Waals surface area contributed by atoms with Crippen molar-refractivity contribution in [1.82, 2.24) is 15.5 Å². The molecule has 6 heteroatoms. The molecule has 0 aliphatic heterocycles. The van der Waals surface area contributed by atoms with Crippen LogP contribution < -0.4 is 11.1 Å². The van der Waals surface area contributed by atoms with Crippen LogP contribution in [-0.2, 0) is 0 Å². The molecule has 0 spiro atoms. The Hall–Kier alpha value is -1.17. The van der Waals surface area contributed by atoms with E-state index in [0.717, 1.165) is 30.6 Å². The van der Waals surface area contributed by atoms with Crippen LogP contribution in [0.25, 0.3) is 0 Å². The van der Waals surface area contributed by atoms with Crippen LogP contribution in [0.3, 0.4) is 0 Å². The number of hydrogen-bond acceptors (Lipinski definition) is 5. The highest BCUT2D eigenvalue weighted by molar-refractivity contribution is 7.16. The monoisotopic (exact) mass is 240 g/mol. The Bertz CT molecular complexity index is 401. The van der Waals surface area contributed by atoms with Crippen molar-refractivity contribution < 1.29 is 4.79 Å². The molecule has 3 N–H and O–H groups in total. The van der Waals surface area contributed by atoms with Crippen LogP contribution in [0.1, 0.15) is 42.9 Å². The van der Waals surface area contributed by atoms with Gasteiger partial charge in [0, 0.05) is 6.04 Å². The van der Waals surface area contributed by atoms with Crippen LogP contribution >= 0.6 is 11.3 Å². The molecule has 0 bridgehead atoms. The summed E-state index contributed by atoms with van der Waals surface area (Å²) in [7, 11) is 0. The molecule has 1 aliphatic rings. The van der Waals surface area contributed by atoms with Crippen LogP contribution in [0.15, 0.2) is 0 Å². The Kier molecular flexibility index (Phi) is 2.84. The third kappa shape index (κ3) is 2.16. The fourth-order valence-corrected chi connectivity index (χ4v) is 2.65. The topological polar surface area (TPSA) is 80.9 Å². The second-order valence-corrected chi connectivity index (χ2v) is 5.86. The Balaban J connectivity index is 2.03. The Morgan fingerprint density at radius 2 is 2.31 bits per heavy atom. The molecule has 1 saturated carbocycles. The lowest BCUT2D eigenvalue weighted by molar-refractivity contribution is 0.0909. The fourth-order valence-electron chi connectivity index (χ4n) is 2.14. The molecule has 1 amide bonds. The number of nitrogens with zero attached hydrogens (tertiary/aromatic N) is 2. The summed E-state index contributed by atoms with van der Waals surface area (Å²) < 4.78 is 0. The van der Waals surface area contributed by atoms with Crippen LogP contribution in [0, 0.1) is 5.41 Å². The number of carbonyl (C=O) groups is 1. The number of hydrogen-bond donors (Lipinski definition) is 2. The van der Waals surface area contributed by atoms with E-state index in [4.69, 9.17) is 5.73 Å².